The summed E-state index contributed by atoms with van der Waals surface area (Å²) in [5.41, 5.74) is 1.22. The first kappa shape index (κ1) is 12.6. The van der Waals surface area contributed by atoms with Gasteiger partial charge < -0.3 is 5.32 Å². The van der Waals surface area contributed by atoms with Gasteiger partial charge in [0.05, 0.1) is 10.7 Å². The first-order valence-corrected chi connectivity index (χ1v) is 6.94. The molecule has 1 amide bonds. The highest BCUT2D eigenvalue weighted by Gasteiger charge is 2.32. The van der Waals surface area contributed by atoms with E-state index in [4.69, 9.17) is 0 Å². The molecule has 1 heterocycles. The van der Waals surface area contributed by atoms with Crippen molar-refractivity contribution in [2.45, 2.75) is 53.0 Å². The number of hydrogen-bond acceptors (Lipinski definition) is 3. The number of carbonyl (C=O) groups is 1. The van der Waals surface area contributed by atoms with Crippen LogP contribution < -0.4 is 5.32 Å². The van der Waals surface area contributed by atoms with E-state index in [1.807, 2.05) is 13.8 Å². The van der Waals surface area contributed by atoms with Crippen LogP contribution in [0.25, 0.3) is 0 Å². The lowest BCUT2D eigenvalue weighted by Crippen LogP contribution is -2.33. The molecule has 1 atom stereocenters. The number of nitrogens with one attached hydrogen (secondary N) is 1. The van der Waals surface area contributed by atoms with Crippen molar-refractivity contribution in [1.82, 2.24) is 10.3 Å². The molecule has 2 rings (SSSR count). The largest absolute Gasteiger partial charge is 0.349 e. The Bertz CT molecular complexity index is 437. The molecule has 1 unspecified atom stereocenters. The molecule has 0 aromatic carbocycles. The number of hydrogen-bond donors (Lipinski definition) is 1. The maximum absolute atomic E-state index is 12.1. The summed E-state index contributed by atoms with van der Waals surface area (Å²) in [7, 11) is 0. The molecule has 1 N–H and O–H groups in total. The molecule has 1 fully saturated rings. The van der Waals surface area contributed by atoms with Gasteiger partial charge in [0.25, 0.3) is 5.91 Å². The molecule has 1 aromatic rings. The van der Waals surface area contributed by atoms with E-state index in [-0.39, 0.29) is 5.91 Å². The third kappa shape index (κ3) is 2.86. The zero-order chi connectivity index (χ0) is 12.6. The van der Waals surface area contributed by atoms with E-state index in [0.29, 0.717) is 11.5 Å². The first-order valence-electron chi connectivity index (χ1n) is 6.12. The van der Waals surface area contributed by atoms with E-state index in [1.165, 1.54) is 17.8 Å². The number of thiazole rings is 1. The summed E-state index contributed by atoms with van der Waals surface area (Å²) in [6.07, 6.45) is 3.36. The number of nitrogens with zero attached hydrogens (tertiary/aromatic N) is 1. The van der Waals surface area contributed by atoms with Gasteiger partial charge in [0, 0.05) is 6.04 Å². The van der Waals surface area contributed by atoms with E-state index in [1.54, 1.807) is 0 Å². The predicted molar refractivity (Wildman–Crippen MR) is 70.5 cm³/mol. The second-order valence-electron chi connectivity index (χ2n) is 5.72. The van der Waals surface area contributed by atoms with Crippen molar-refractivity contribution in [3.63, 3.8) is 0 Å². The lowest BCUT2D eigenvalue weighted by molar-refractivity contribution is 0.0939. The van der Waals surface area contributed by atoms with Crippen LogP contribution in [0.4, 0.5) is 0 Å². The average Bonchev–Trinajstić information content (AvgIpc) is 2.69. The maximum Gasteiger partial charge on any atom is 0.263 e. The highest BCUT2D eigenvalue weighted by molar-refractivity contribution is 7.13. The van der Waals surface area contributed by atoms with Crippen LogP contribution in [0.1, 0.15) is 53.5 Å². The van der Waals surface area contributed by atoms with Crippen LogP contribution in [0.3, 0.4) is 0 Å². The molecule has 3 nitrogen and oxygen atoms in total. The third-order valence-corrected chi connectivity index (χ3v) is 4.49. The third-order valence-electron chi connectivity index (χ3n) is 3.41. The molecule has 0 spiro atoms. The number of carbonyl (C=O) groups excluding carboxylic acids is 1. The molecule has 94 valence electrons. The number of aromatic nitrogens is 1. The van der Waals surface area contributed by atoms with Gasteiger partial charge in [-0.2, -0.15) is 0 Å². The van der Waals surface area contributed by atoms with Crippen molar-refractivity contribution < 1.29 is 4.79 Å². The van der Waals surface area contributed by atoms with E-state index in [9.17, 15) is 4.79 Å². The van der Waals surface area contributed by atoms with Crippen LogP contribution in [0.2, 0.25) is 0 Å². The quantitative estimate of drug-likeness (QED) is 0.879. The van der Waals surface area contributed by atoms with Gasteiger partial charge in [-0.3, -0.25) is 4.79 Å². The monoisotopic (exact) mass is 252 g/mol. The highest BCUT2D eigenvalue weighted by atomic mass is 32.1. The maximum atomic E-state index is 12.1. The Hall–Kier alpha value is -0.900. The van der Waals surface area contributed by atoms with Crippen molar-refractivity contribution in [2.75, 3.05) is 0 Å². The van der Waals surface area contributed by atoms with E-state index in [2.05, 4.69) is 24.1 Å². The number of aryl methyl sites for hydroxylation is 2. The molecule has 0 saturated heterocycles. The molecule has 1 aliphatic carbocycles. The normalized spacial score (nSPS) is 22.7. The van der Waals surface area contributed by atoms with Crippen LogP contribution >= 0.6 is 11.3 Å². The van der Waals surface area contributed by atoms with Crippen LogP contribution in [-0.4, -0.2) is 16.9 Å². The minimum atomic E-state index is 0.0517. The summed E-state index contributed by atoms with van der Waals surface area (Å²) in [6.45, 7) is 8.37. The summed E-state index contributed by atoms with van der Waals surface area (Å²) in [5.74, 6) is 0.0517. The Morgan fingerprint density at radius 1 is 1.47 bits per heavy atom. The van der Waals surface area contributed by atoms with Crippen molar-refractivity contribution in [3.05, 3.63) is 15.6 Å². The van der Waals surface area contributed by atoms with Crippen molar-refractivity contribution >= 4 is 17.2 Å². The summed E-state index contributed by atoms with van der Waals surface area (Å²) in [5, 5.41) is 4.09. The van der Waals surface area contributed by atoms with Crippen LogP contribution in [0, 0.1) is 19.3 Å². The molecule has 4 heteroatoms. The van der Waals surface area contributed by atoms with Gasteiger partial charge in [-0.25, -0.2) is 4.98 Å². The van der Waals surface area contributed by atoms with Gasteiger partial charge in [-0.1, -0.05) is 13.8 Å². The van der Waals surface area contributed by atoms with Crippen LogP contribution in [0.5, 0.6) is 0 Å². The van der Waals surface area contributed by atoms with Crippen molar-refractivity contribution in [2.24, 2.45) is 5.41 Å². The molecule has 0 radical (unpaired) electrons. The Morgan fingerprint density at radius 3 is 2.65 bits per heavy atom. The average molecular weight is 252 g/mol. The molecular weight excluding hydrogens is 232 g/mol. The topological polar surface area (TPSA) is 42.0 Å². The summed E-state index contributed by atoms with van der Waals surface area (Å²) < 4.78 is 0. The molecule has 0 bridgehead atoms. The van der Waals surface area contributed by atoms with E-state index in [0.717, 1.165) is 28.4 Å². The van der Waals surface area contributed by atoms with Gasteiger partial charge in [0.15, 0.2) is 0 Å². The Morgan fingerprint density at radius 2 is 2.18 bits per heavy atom. The lowest BCUT2D eigenvalue weighted by Gasteiger charge is -2.17. The van der Waals surface area contributed by atoms with Gasteiger partial charge in [-0.15, -0.1) is 11.3 Å². The Kier molecular flexibility index (Phi) is 3.25. The molecule has 1 aliphatic rings. The SMILES string of the molecule is Cc1nc(C)c(C(=O)NC2CCC(C)(C)C2)s1. The Balaban J connectivity index is 2.01. The van der Waals surface area contributed by atoms with Gasteiger partial charge in [0.2, 0.25) is 0 Å². The molecular formula is C13H20N2OS. The summed E-state index contributed by atoms with van der Waals surface area (Å²) >= 11 is 1.48. The zero-order valence-electron chi connectivity index (χ0n) is 11.0. The zero-order valence-corrected chi connectivity index (χ0v) is 11.8. The second-order valence-corrected chi connectivity index (χ2v) is 6.93. The predicted octanol–water partition coefficient (Wildman–Crippen LogP) is 3.07. The van der Waals surface area contributed by atoms with Gasteiger partial charge in [-0.05, 0) is 38.5 Å². The lowest BCUT2D eigenvalue weighted by atomic mass is 9.92. The van der Waals surface area contributed by atoms with Crippen molar-refractivity contribution in [3.8, 4) is 0 Å². The van der Waals surface area contributed by atoms with E-state index >= 15 is 0 Å². The molecule has 0 aliphatic heterocycles. The van der Waals surface area contributed by atoms with Gasteiger partial charge in [0.1, 0.15) is 4.88 Å². The van der Waals surface area contributed by atoms with E-state index < -0.39 is 0 Å². The smallest absolute Gasteiger partial charge is 0.263 e. The Labute approximate surface area is 107 Å². The highest BCUT2D eigenvalue weighted by Crippen LogP contribution is 2.37. The summed E-state index contributed by atoms with van der Waals surface area (Å²) in [6, 6.07) is 0.333. The first-order chi connectivity index (χ1) is 7.87. The number of rotatable bonds is 2. The fourth-order valence-electron chi connectivity index (χ4n) is 2.55. The summed E-state index contributed by atoms with van der Waals surface area (Å²) in [4.78, 5) is 17.2. The fraction of sp³-hybridized carbons (Fsp3) is 0.692. The van der Waals surface area contributed by atoms with Crippen molar-refractivity contribution in [1.29, 1.82) is 0 Å². The molecule has 17 heavy (non-hydrogen) atoms. The fourth-order valence-corrected chi connectivity index (χ4v) is 3.38. The second kappa shape index (κ2) is 4.41. The number of amides is 1. The minimum absolute atomic E-state index is 0.0517. The van der Waals surface area contributed by atoms with Crippen LogP contribution in [0.15, 0.2) is 0 Å². The standard InChI is InChI=1S/C13H20N2OS/c1-8-11(17-9(2)14-8)12(16)15-10-5-6-13(3,4)7-10/h10H,5-7H2,1-4H3,(H,15,16). The van der Waals surface area contributed by atoms with Gasteiger partial charge >= 0.3 is 0 Å². The molecule has 1 aromatic heterocycles. The van der Waals surface area contributed by atoms with Crippen LogP contribution in [-0.2, 0) is 0 Å². The minimum Gasteiger partial charge on any atom is -0.349 e. The molecule has 1 saturated carbocycles.